The van der Waals surface area contributed by atoms with E-state index in [1.165, 1.54) is 12.1 Å². The molecule has 2 fully saturated rings. The van der Waals surface area contributed by atoms with Gasteiger partial charge in [-0.15, -0.1) is 0 Å². The van der Waals surface area contributed by atoms with Crippen LogP contribution in [0.5, 0.6) is 0 Å². The van der Waals surface area contributed by atoms with Gasteiger partial charge in [-0.1, -0.05) is 36.4 Å². The maximum Gasteiger partial charge on any atom is 0.313 e. The molecule has 0 aromatic heterocycles. The average Bonchev–Trinajstić information content (AvgIpc) is 3.13. The van der Waals surface area contributed by atoms with Gasteiger partial charge in [0, 0.05) is 11.6 Å². The summed E-state index contributed by atoms with van der Waals surface area (Å²) in [5, 5.41) is 2.85. The molecule has 0 radical (unpaired) electrons. The van der Waals surface area contributed by atoms with E-state index < -0.39 is 5.41 Å². The smallest absolute Gasteiger partial charge is 0.313 e. The Balaban J connectivity index is 1.40. The summed E-state index contributed by atoms with van der Waals surface area (Å²) in [6.07, 6.45) is 2.34. The van der Waals surface area contributed by atoms with E-state index in [0.29, 0.717) is 25.1 Å². The highest BCUT2D eigenvalue weighted by molar-refractivity contribution is 5.92. The molecule has 1 saturated carbocycles. The summed E-state index contributed by atoms with van der Waals surface area (Å²) < 4.78 is 18.3. The zero-order valence-electron chi connectivity index (χ0n) is 15.5. The van der Waals surface area contributed by atoms with Crippen LogP contribution in [0, 0.1) is 17.2 Å². The maximum absolute atomic E-state index is 12.9. The monoisotopic (exact) mass is 379 g/mol. The quantitative estimate of drug-likeness (QED) is 0.630. The predicted molar refractivity (Wildman–Crippen MR) is 104 cm³/mol. The second-order valence-corrected chi connectivity index (χ2v) is 7.81. The van der Waals surface area contributed by atoms with Crippen molar-refractivity contribution in [3.8, 4) is 0 Å². The van der Waals surface area contributed by atoms with Gasteiger partial charge in [0.05, 0.1) is 18.4 Å². The van der Waals surface area contributed by atoms with Crippen LogP contribution >= 0.6 is 0 Å². The predicted octanol–water partition coefficient (Wildman–Crippen LogP) is 4.06. The first-order chi connectivity index (χ1) is 13.4. The van der Waals surface area contributed by atoms with Crippen LogP contribution in [0.25, 0.3) is 0 Å². The van der Waals surface area contributed by atoms with Crippen molar-refractivity contribution in [1.82, 2.24) is 0 Å². The zero-order valence-corrected chi connectivity index (χ0v) is 15.5. The summed E-state index contributed by atoms with van der Waals surface area (Å²) in [7, 11) is 0. The first-order valence-electron chi connectivity index (χ1n) is 9.42. The molecule has 2 unspecified atom stereocenters. The van der Waals surface area contributed by atoms with Crippen LogP contribution < -0.4 is 5.32 Å². The van der Waals surface area contributed by atoms with Crippen LogP contribution in [0.3, 0.4) is 0 Å². The number of hydrogen-bond donors (Lipinski definition) is 1. The van der Waals surface area contributed by atoms with Crippen LogP contribution in [0.2, 0.25) is 0 Å². The Morgan fingerprint density at radius 2 is 1.82 bits per heavy atom. The molecule has 2 aromatic carbocycles. The number of ether oxygens (including phenoxy) is 1. The highest BCUT2D eigenvalue weighted by Gasteiger charge is 2.55. The van der Waals surface area contributed by atoms with Gasteiger partial charge in [0.2, 0.25) is 5.91 Å². The highest BCUT2D eigenvalue weighted by atomic mass is 19.1. The van der Waals surface area contributed by atoms with Gasteiger partial charge in [0.25, 0.3) is 0 Å². The number of anilines is 1. The van der Waals surface area contributed by atoms with Gasteiger partial charge in [-0.25, -0.2) is 4.39 Å². The van der Waals surface area contributed by atoms with Crippen LogP contribution in [-0.2, 0) is 27.2 Å². The highest BCUT2D eigenvalue weighted by Crippen LogP contribution is 2.52. The number of rotatable bonds is 5. The van der Waals surface area contributed by atoms with Crippen LogP contribution in [0.4, 0.5) is 10.1 Å². The summed E-state index contributed by atoms with van der Waals surface area (Å²) in [5.41, 5.74) is 3.11. The lowest BCUT2D eigenvalue weighted by Gasteiger charge is -2.24. The largest absolute Gasteiger partial charge is 0.465 e. The molecule has 5 heteroatoms. The number of carbonyl (C=O) groups is 2. The Bertz CT molecular complexity index is 920. The molecule has 4 rings (SSSR count). The normalized spacial score (nSPS) is 23.4. The lowest BCUT2D eigenvalue weighted by molar-refractivity contribution is -0.146. The number of amides is 1. The van der Waals surface area contributed by atoms with E-state index in [2.05, 4.69) is 11.9 Å². The molecule has 1 N–H and O–H groups in total. The van der Waals surface area contributed by atoms with Crippen LogP contribution in [-0.4, -0.2) is 18.5 Å². The van der Waals surface area contributed by atoms with Gasteiger partial charge in [0.15, 0.2) is 0 Å². The molecular weight excluding hydrogens is 357 g/mol. The Kier molecular flexibility index (Phi) is 4.75. The number of halogens is 1. The van der Waals surface area contributed by atoms with Gasteiger partial charge in [-0.3, -0.25) is 9.59 Å². The third kappa shape index (κ3) is 3.57. The van der Waals surface area contributed by atoms with Crippen molar-refractivity contribution in [3.63, 3.8) is 0 Å². The van der Waals surface area contributed by atoms with Crippen molar-refractivity contribution in [1.29, 1.82) is 0 Å². The summed E-state index contributed by atoms with van der Waals surface area (Å²) in [4.78, 5) is 24.6. The molecule has 0 bridgehead atoms. The van der Waals surface area contributed by atoms with E-state index in [9.17, 15) is 14.0 Å². The number of cyclic esters (lactones) is 1. The number of fused-ring (bicyclic) bond motifs is 1. The first-order valence-corrected chi connectivity index (χ1v) is 9.42. The summed E-state index contributed by atoms with van der Waals surface area (Å²) in [6, 6.07) is 13.4. The van der Waals surface area contributed by atoms with Crippen molar-refractivity contribution in [3.05, 3.63) is 77.6 Å². The van der Waals surface area contributed by atoms with Crippen molar-refractivity contribution < 1.29 is 18.7 Å². The second kappa shape index (κ2) is 7.23. The number of benzene rings is 2. The molecule has 1 aliphatic heterocycles. The molecule has 4 nitrogen and oxygen atoms in total. The van der Waals surface area contributed by atoms with E-state index in [1.54, 1.807) is 12.1 Å². The van der Waals surface area contributed by atoms with E-state index in [0.717, 1.165) is 23.1 Å². The average molecular weight is 379 g/mol. The number of esters is 1. The van der Waals surface area contributed by atoms with Crippen molar-refractivity contribution in [2.24, 2.45) is 11.3 Å². The molecule has 2 atom stereocenters. The molecule has 1 heterocycles. The molecule has 1 amide bonds. The topological polar surface area (TPSA) is 55.4 Å². The van der Waals surface area contributed by atoms with E-state index in [1.807, 2.05) is 24.3 Å². The molecule has 2 aliphatic rings. The fourth-order valence-electron chi connectivity index (χ4n) is 4.33. The third-order valence-electron chi connectivity index (χ3n) is 5.74. The number of allylic oxidation sites excluding steroid dienone is 1. The third-order valence-corrected chi connectivity index (χ3v) is 5.74. The minimum atomic E-state index is -0.482. The SMILES string of the molecule is C=C1CC2COC(=O)C2(Cc2ccc(NC(=O)Cc3ccc(F)cc3)cc2)C1. The van der Waals surface area contributed by atoms with Crippen molar-refractivity contribution in [2.45, 2.75) is 25.7 Å². The molecule has 0 spiro atoms. The fraction of sp³-hybridized carbons (Fsp3) is 0.304. The lowest BCUT2D eigenvalue weighted by Crippen LogP contribution is -2.31. The summed E-state index contributed by atoms with van der Waals surface area (Å²) in [6.45, 7) is 4.55. The Morgan fingerprint density at radius 3 is 2.54 bits per heavy atom. The Hall–Kier alpha value is -2.95. The number of nitrogens with one attached hydrogen (secondary N) is 1. The minimum Gasteiger partial charge on any atom is -0.465 e. The molecule has 1 saturated heterocycles. The van der Waals surface area contributed by atoms with Gasteiger partial charge in [-0.05, 0) is 54.7 Å². The van der Waals surface area contributed by atoms with Crippen LogP contribution in [0.15, 0.2) is 60.7 Å². The fourth-order valence-corrected chi connectivity index (χ4v) is 4.33. The zero-order chi connectivity index (χ0) is 19.7. The number of hydrogen-bond acceptors (Lipinski definition) is 3. The van der Waals surface area contributed by atoms with Gasteiger partial charge < -0.3 is 10.1 Å². The Labute approximate surface area is 163 Å². The first kappa shape index (κ1) is 18.4. The lowest BCUT2D eigenvalue weighted by atomic mass is 9.75. The molecule has 2 aromatic rings. The standard InChI is InChI=1S/C23H22FNO3/c1-15-10-18-14-28-22(27)23(18,12-15)13-17-4-8-20(9-5-17)25-21(26)11-16-2-6-19(24)7-3-16/h2-9,18H,1,10-14H2,(H,25,26). The van der Waals surface area contributed by atoms with Crippen molar-refractivity contribution in [2.75, 3.05) is 11.9 Å². The van der Waals surface area contributed by atoms with Gasteiger partial charge in [-0.2, -0.15) is 0 Å². The second-order valence-electron chi connectivity index (χ2n) is 7.81. The molecular formula is C23H22FNO3. The molecule has 1 aliphatic carbocycles. The van der Waals surface area contributed by atoms with Crippen LogP contribution in [0.1, 0.15) is 24.0 Å². The Morgan fingerprint density at radius 1 is 1.14 bits per heavy atom. The molecule has 28 heavy (non-hydrogen) atoms. The van der Waals surface area contributed by atoms with Crippen molar-refractivity contribution >= 4 is 17.6 Å². The maximum atomic E-state index is 12.9. The van der Waals surface area contributed by atoms with E-state index in [-0.39, 0.29) is 30.0 Å². The van der Waals surface area contributed by atoms with E-state index >= 15 is 0 Å². The summed E-state index contributed by atoms with van der Waals surface area (Å²) >= 11 is 0. The minimum absolute atomic E-state index is 0.118. The number of carbonyl (C=O) groups excluding carboxylic acids is 2. The molecule has 144 valence electrons. The summed E-state index contributed by atoms with van der Waals surface area (Å²) in [5.74, 6) is -0.390. The van der Waals surface area contributed by atoms with Gasteiger partial charge >= 0.3 is 5.97 Å². The van der Waals surface area contributed by atoms with Gasteiger partial charge in [0.1, 0.15) is 5.82 Å². The van der Waals surface area contributed by atoms with E-state index in [4.69, 9.17) is 4.74 Å².